The van der Waals surface area contributed by atoms with Crippen LogP contribution in [0.2, 0.25) is 0 Å². The summed E-state index contributed by atoms with van der Waals surface area (Å²) in [6, 6.07) is 11.7. The van der Waals surface area contributed by atoms with E-state index in [0.29, 0.717) is 29.3 Å². The van der Waals surface area contributed by atoms with Crippen LogP contribution in [0, 0.1) is 12.7 Å². The molecule has 8 nitrogen and oxygen atoms in total. The van der Waals surface area contributed by atoms with Crippen molar-refractivity contribution in [3.8, 4) is 17.2 Å². The Morgan fingerprint density at radius 1 is 1.08 bits per heavy atom. The predicted molar refractivity (Wildman–Crippen MR) is 140 cm³/mol. The number of fused-ring (bicyclic) bond motifs is 1. The minimum absolute atomic E-state index is 0.0559. The molecule has 0 aliphatic carbocycles. The molecule has 0 atom stereocenters. The summed E-state index contributed by atoms with van der Waals surface area (Å²) in [7, 11) is 0. The number of rotatable bonds is 7. The van der Waals surface area contributed by atoms with Crippen LogP contribution in [0.4, 0.5) is 10.2 Å². The summed E-state index contributed by atoms with van der Waals surface area (Å²) in [4.78, 5) is 20.3. The van der Waals surface area contributed by atoms with Crippen LogP contribution in [0.5, 0.6) is 11.5 Å². The Balaban J connectivity index is 1.52. The van der Waals surface area contributed by atoms with Crippen molar-refractivity contribution in [2.45, 2.75) is 40.3 Å². The maximum atomic E-state index is 14.2. The van der Waals surface area contributed by atoms with Crippen LogP contribution in [-0.4, -0.2) is 71.0 Å². The molecule has 0 saturated carbocycles. The molecule has 3 heterocycles. The second kappa shape index (κ2) is 10.4. The quantitative estimate of drug-likeness (QED) is 0.477. The first-order chi connectivity index (χ1) is 17.9. The Bertz CT molecular complexity index is 1280. The Kier molecular flexibility index (Phi) is 7.06. The molecule has 0 unspecified atom stereocenters. The van der Waals surface area contributed by atoms with E-state index in [0.717, 1.165) is 49.8 Å². The summed E-state index contributed by atoms with van der Waals surface area (Å²) in [5, 5.41) is 4.85. The minimum Gasteiger partial charge on any atom is -0.454 e. The van der Waals surface area contributed by atoms with Crippen LogP contribution in [0.25, 0.3) is 5.69 Å². The Hall–Kier alpha value is -3.59. The first-order valence-corrected chi connectivity index (χ1v) is 12.9. The molecule has 1 amide bonds. The fraction of sp³-hybridized carbons (Fsp3) is 0.429. The van der Waals surface area contributed by atoms with Crippen LogP contribution >= 0.6 is 0 Å². The van der Waals surface area contributed by atoms with Crippen LogP contribution in [0.1, 0.15) is 42.4 Å². The lowest BCUT2D eigenvalue weighted by molar-refractivity contribution is 0.0690. The van der Waals surface area contributed by atoms with Gasteiger partial charge in [0.05, 0.1) is 17.9 Å². The Morgan fingerprint density at radius 2 is 1.84 bits per heavy atom. The third kappa shape index (κ3) is 5.00. The van der Waals surface area contributed by atoms with Crippen molar-refractivity contribution in [2.24, 2.45) is 0 Å². The van der Waals surface area contributed by atoms with Crippen molar-refractivity contribution in [3.05, 3.63) is 65.1 Å². The van der Waals surface area contributed by atoms with Gasteiger partial charge in [0.1, 0.15) is 11.6 Å². The van der Waals surface area contributed by atoms with Crippen molar-refractivity contribution in [3.63, 3.8) is 0 Å². The van der Waals surface area contributed by atoms with E-state index in [2.05, 4.69) is 16.7 Å². The van der Waals surface area contributed by atoms with Gasteiger partial charge in [0.15, 0.2) is 11.5 Å². The summed E-state index contributed by atoms with van der Waals surface area (Å²) < 4.78 is 26.9. The lowest BCUT2D eigenvalue weighted by Gasteiger charge is -2.36. The molecule has 0 radical (unpaired) electrons. The van der Waals surface area contributed by atoms with E-state index >= 15 is 0 Å². The molecule has 1 aromatic heterocycles. The number of aryl methyl sites for hydroxylation is 1. The smallest absolute Gasteiger partial charge is 0.254 e. The molecule has 196 valence electrons. The van der Waals surface area contributed by atoms with Gasteiger partial charge in [0.2, 0.25) is 6.79 Å². The zero-order chi connectivity index (χ0) is 26.1. The lowest BCUT2D eigenvalue weighted by Crippen LogP contribution is -2.47. The standard InChI is InChI=1S/C28H34FN5O3/c1-5-31-11-13-32(14-12-31)27-24(20(4)30-34(27)23-8-6-7-22(29)16-23)17-33(19(2)3)28(35)21-9-10-25-26(15-21)37-18-36-25/h6-10,15-16,19H,5,11-14,17-18H2,1-4H3. The minimum atomic E-state index is -0.309. The van der Waals surface area contributed by atoms with Crippen LogP contribution in [0.3, 0.4) is 0 Å². The van der Waals surface area contributed by atoms with E-state index in [4.69, 9.17) is 14.6 Å². The molecule has 2 aliphatic rings. The van der Waals surface area contributed by atoms with Gasteiger partial charge in [-0.3, -0.25) is 4.79 Å². The molecular formula is C28H34FN5O3. The van der Waals surface area contributed by atoms with E-state index in [1.807, 2.05) is 36.4 Å². The number of hydrogen-bond donors (Lipinski definition) is 0. The van der Waals surface area contributed by atoms with E-state index in [9.17, 15) is 9.18 Å². The number of nitrogens with zero attached hydrogens (tertiary/aromatic N) is 5. The molecule has 0 N–H and O–H groups in total. The van der Waals surface area contributed by atoms with E-state index < -0.39 is 0 Å². The third-order valence-electron chi connectivity index (χ3n) is 7.16. The van der Waals surface area contributed by atoms with Gasteiger partial charge in [-0.1, -0.05) is 13.0 Å². The number of amides is 1. The molecule has 1 fully saturated rings. The fourth-order valence-corrected chi connectivity index (χ4v) is 4.98. The second-order valence-electron chi connectivity index (χ2n) is 9.80. The van der Waals surface area contributed by atoms with Crippen molar-refractivity contribution >= 4 is 11.7 Å². The Labute approximate surface area is 217 Å². The van der Waals surface area contributed by atoms with Crippen molar-refractivity contribution in [1.29, 1.82) is 0 Å². The van der Waals surface area contributed by atoms with Gasteiger partial charge in [-0.05, 0) is 63.7 Å². The number of halogens is 1. The lowest BCUT2D eigenvalue weighted by atomic mass is 10.1. The fourth-order valence-electron chi connectivity index (χ4n) is 4.98. The van der Waals surface area contributed by atoms with Crippen LogP contribution in [0.15, 0.2) is 42.5 Å². The Morgan fingerprint density at radius 3 is 2.54 bits per heavy atom. The van der Waals surface area contributed by atoms with Crippen molar-refractivity contribution in [2.75, 3.05) is 44.4 Å². The van der Waals surface area contributed by atoms with Gasteiger partial charge in [-0.2, -0.15) is 5.10 Å². The zero-order valence-corrected chi connectivity index (χ0v) is 21.9. The number of carbonyl (C=O) groups is 1. The maximum Gasteiger partial charge on any atom is 0.254 e. The first kappa shape index (κ1) is 25.1. The molecule has 0 spiro atoms. The highest BCUT2D eigenvalue weighted by Gasteiger charge is 2.29. The largest absolute Gasteiger partial charge is 0.454 e. The molecule has 37 heavy (non-hydrogen) atoms. The highest BCUT2D eigenvalue weighted by molar-refractivity contribution is 5.95. The summed E-state index contributed by atoms with van der Waals surface area (Å²) >= 11 is 0. The number of hydrogen-bond acceptors (Lipinski definition) is 6. The molecule has 5 rings (SSSR count). The van der Waals surface area contributed by atoms with Gasteiger partial charge < -0.3 is 24.2 Å². The first-order valence-electron chi connectivity index (χ1n) is 12.9. The van der Waals surface area contributed by atoms with Crippen molar-refractivity contribution in [1.82, 2.24) is 19.6 Å². The predicted octanol–water partition coefficient (Wildman–Crippen LogP) is 4.24. The van der Waals surface area contributed by atoms with Gasteiger partial charge >= 0.3 is 0 Å². The maximum absolute atomic E-state index is 14.2. The van der Waals surface area contributed by atoms with Gasteiger partial charge in [-0.15, -0.1) is 0 Å². The average Bonchev–Trinajstić information content (AvgIpc) is 3.50. The monoisotopic (exact) mass is 507 g/mol. The molecule has 0 bridgehead atoms. The van der Waals surface area contributed by atoms with E-state index in [-0.39, 0.29) is 24.6 Å². The zero-order valence-electron chi connectivity index (χ0n) is 21.9. The highest BCUT2D eigenvalue weighted by Crippen LogP contribution is 2.34. The van der Waals surface area contributed by atoms with E-state index in [1.54, 1.807) is 24.3 Å². The summed E-state index contributed by atoms with van der Waals surface area (Å²) in [6.07, 6.45) is 0. The summed E-state index contributed by atoms with van der Waals surface area (Å²) in [5.41, 5.74) is 3.00. The molecular weight excluding hydrogens is 473 g/mol. The van der Waals surface area contributed by atoms with Crippen LogP contribution in [-0.2, 0) is 6.54 Å². The summed E-state index contributed by atoms with van der Waals surface area (Å²) in [6.45, 7) is 13.2. The topological polar surface area (TPSA) is 63.1 Å². The number of carbonyl (C=O) groups excluding carboxylic acids is 1. The van der Waals surface area contributed by atoms with E-state index in [1.165, 1.54) is 12.1 Å². The number of benzene rings is 2. The second-order valence-corrected chi connectivity index (χ2v) is 9.80. The number of likely N-dealkylation sites (N-methyl/N-ethyl adjacent to an activating group) is 1. The third-order valence-corrected chi connectivity index (χ3v) is 7.16. The number of piperazine rings is 1. The van der Waals surface area contributed by atoms with Crippen molar-refractivity contribution < 1.29 is 18.7 Å². The highest BCUT2D eigenvalue weighted by atomic mass is 19.1. The number of ether oxygens (including phenoxy) is 2. The summed E-state index contributed by atoms with van der Waals surface area (Å²) in [5.74, 6) is 1.75. The number of aromatic nitrogens is 2. The molecule has 9 heteroatoms. The number of anilines is 1. The SMILES string of the molecule is CCN1CCN(c2c(CN(C(=O)c3ccc4c(c3)OCO4)C(C)C)c(C)nn2-c2cccc(F)c2)CC1. The molecule has 3 aromatic rings. The molecule has 2 aliphatic heterocycles. The van der Waals surface area contributed by atoms with Gasteiger partial charge in [0, 0.05) is 43.3 Å². The normalized spacial score (nSPS) is 15.5. The average molecular weight is 508 g/mol. The van der Waals surface area contributed by atoms with Gasteiger partial charge in [-0.25, -0.2) is 9.07 Å². The van der Waals surface area contributed by atoms with Gasteiger partial charge in [0.25, 0.3) is 5.91 Å². The molecule has 2 aromatic carbocycles. The molecule has 1 saturated heterocycles. The van der Waals surface area contributed by atoms with Crippen LogP contribution < -0.4 is 14.4 Å².